The van der Waals surface area contributed by atoms with E-state index in [1.807, 2.05) is 0 Å². The van der Waals surface area contributed by atoms with Crippen LogP contribution in [-0.4, -0.2) is 33.7 Å². The van der Waals surface area contributed by atoms with Gasteiger partial charge in [0.15, 0.2) is 0 Å². The van der Waals surface area contributed by atoms with Crippen LogP contribution in [0.2, 0.25) is 0 Å². The minimum absolute atomic E-state index is 0.168. The third-order valence-corrected chi connectivity index (χ3v) is 4.24. The summed E-state index contributed by atoms with van der Waals surface area (Å²) in [5, 5.41) is 0. The van der Waals surface area contributed by atoms with E-state index in [-0.39, 0.29) is 4.90 Å². The molecule has 1 aromatic heterocycles. The first-order valence-corrected chi connectivity index (χ1v) is 8.17. The maximum absolute atomic E-state index is 12.3. The molecule has 0 saturated carbocycles. The van der Waals surface area contributed by atoms with Crippen molar-refractivity contribution < 1.29 is 17.9 Å². The van der Waals surface area contributed by atoms with Gasteiger partial charge in [-0.3, -0.25) is 9.71 Å². The predicted octanol–water partition coefficient (Wildman–Crippen LogP) is 2.22. The van der Waals surface area contributed by atoms with Crippen LogP contribution in [0.5, 0.6) is 5.75 Å². The molecule has 0 spiro atoms. The number of hydrogen-bond donors (Lipinski definition) is 1. The Kier molecular flexibility index (Phi) is 5.35. The lowest BCUT2D eigenvalue weighted by atomic mass is 10.3. The van der Waals surface area contributed by atoms with Gasteiger partial charge in [-0.1, -0.05) is 0 Å². The number of hydrogen-bond acceptors (Lipinski definition) is 5. The third-order valence-electron chi connectivity index (χ3n) is 2.84. The molecule has 0 aliphatic heterocycles. The van der Waals surface area contributed by atoms with Crippen molar-refractivity contribution in [2.75, 3.05) is 25.0 Å². The summed E-state index contributed by atoms with van der Waals surface area (Å²) in [6, 6.07) is 9.49. The van der Waals surface area contributed by atoms with Gasteiger partial charge in [0.2, 0.25) is 0 Å². The van der Waals surface area contributed by atoms with Crippen LogP contribution in [0.3, 0.4) is 0 Å². The minimum Gasteiger partial charge on any atom is -0.491 e. The standard InChI is InChI=1S/C15H18N2O4S/c1-12-11-13(7-8-16-12)17-22(18,19)15-5-3-14(4-6-15)21-10-9-20-2/h3-8,11H,9-10H2,1-2H3,(H,16,17). The Morgan fingerprint density at radius 2 is 1.86 bits per heavy atom. The van der Waals surface area contributed by atoms with Crippen LogP contribution in [0.25, 0.3) is 0 Å². The number of ether oxygens (including phenoxy) is 2. The molecule has 0 amide bonds. The van der Waals surface area contributed by atoms with Crippen LogP contribution in [-0.2, 0) is 14.8 Å². The summed E-state index contributed by atoms with van der Waals surface area (Å²) in [4.78, 5) is 4.20. The minimum atomic E-state index is -3.63. The molecule has 2 rings (SSSR count). The Bertz CT molecular complexity index is 715. The lowest BCUT2D eigenvalue weighted by Gasteiger charge is -2.10. The maximum Gasteiger partial charge on any atom is 0.261 e. The number of nitrogens with zero attached hydrogens (tertiary/aromatic N) is 1. The molecular formula is C15H18N2O4S. The Morgan fingerprint density at radius 1 is 1.14 bits per heavy atom. The smallest absolute Gasteiger partial charge is 0.261 e. The monoisotopic (exact) mass is 322 g/mol. The fourth-order valence-electron chi connectivity index (χ4n) is 1.78. The van der Waals surface area contributed by atoms with Gasteiger partial charge in [0, 0.05) is 19.0 Å². The normalized spacial score (nSPS) is 11.2. The summed E-state index contributed by atoms with van der Waals surface area (Å²) < 4.78 is 37.4. The van der Waals surface area contributed by atoms with Crippen molar-refractivity contribution in [3.8, 4) is 5.75 Å². The van der Waals surface area contributed by atoms with Crippen molar-refractivity contribution >= 4 is 15.7 Å². The molecule has 0 atom stereocenters. The summed E-state index contributed by atoms with van der Waals surface area (Å²) in [7, 11) is -2.04. The van der Waals surface area contributed by atoms with Crippen LogP contribution in [0.4, 0.5) is 5.69 Å². The van der Waals surface area contributed by atoms with Gasteiger partial charge in [-0.2, -0.15) is 0 Å². The summed E-state index contributed by atoms with van der Waals surface area (Å²) in [6.45, 7) is 2.68. The van der Waals surface area contributed by atoms with E-state index in [9.17, 15) is 8.42 Å². The van der Waals surface area contributed by atoms with Gasteiger partial charge in [0.05, 0.1) is 17.2 Å². The number of aryl methyl sites for hydroxylation is 1. The molecule has 0 saturated heterocycles. The summed E-state index contributed by atoms with van der Waals surface area (Å²) >= 11 is 0. The second-order valence-electron chi connectivity index (χ2n) is 4.60. The van der Waals surface area contributed by atoms with Crippen LogP contribution >= 0.6 is 0 Å². The average Bonchev–Trinajstić information content (AvgIpc) is 2.47. The first-order chi connectivity index (χ1) is 10.5. The first kappa shape index (κ1) is 16.3. The van der Waals surface area contributed by atoms with E-state index in [2.05, 4.69) is 9.71 Å². The zero-order chi connectivity index (χ0) is 16.0. The highest BCUT2D eigenvalue weighted by Crippen LogP contribution is 2.19. The molecule has 22 heavy (non-hydrogen) atoms. The highest BCUT2D eigenvalue weighted by molar-refractivity contribution is 7.92. The molecule has 6 nitrogen and oxygen atoms in total. The third kappa shape index (κ3) is 4.44. The number of sulfonamides is 1. The van der Waals surface area contributed by atoms with E-state index >= 15 is 0 Å². The quantitative estimate of drug-likeness (QED) is 0.791. The average molecular weight is 322 g/mol. The van der Waals surface area contributed by atoms with E-state index in [4.69, 9.17) is 9.47 Å². The van der Waals surface area contributed by atoms with E-state index in [1.54, 1.807) is 44.5 Å². The molecule has 0 unspecified atom stereocenters. The first-order valence-electron chi connectivity index (χ1n) is 6.68. The van der Waals surface area contributed by atoms with Gasteiger partial charge in [0.1, 0.15) is 12.4 Å². The molecule has 0 bridgehead atoms. The van der Waals surface area contributed by atoms with E-state index in [1.165, 1.54) is 12.1 Å². The number of pyridine rings is 1. The number of nitrogens with one attached hydrogen (secondary N) is 1. The zero-order valence-electron chi connectivity index (χ0n) is 12.4. The summed E-state index contributed by atoms with van der Waals surface area (Å²) in [6.07, 6.45) is 1.56. The lowest BCUT2D eigenvalue weighted by Crippen LogP contribution is -2.13. The highest BCUT2D eigenvalue weighted by atomic mass is 32.2. The Hall–Kier alpha value is -2.12. The molecule has 1 heterocycles. The van der Waals surface area contributed by atoms with E-state index in [0.29, 0.717) is 24.7 Å². The van der Waals surface area contributed by atoms with E-state index in [0.717, 1.165) is 5.69 Å². The molecule has 1 aromatic carbocycles. The van der Waals surface area contributed by atoms with Gasteiger partial charge in [-0.05, 0) is 43.3 Å². The second kappa shape index (κ2) is 7.24. The number of benzene rings is 1. The van der Waals surface area contributed by atoms with Crippen LogP contribution in [0.1, 0.15) is 5.69 Å². The number of methoxy groups -OCH3 is 1. The SMILES string of the molecule is COCCOc1ccc(S(=O)(=O)Nc2ccnc(C)c2)cc1. The summed E-state index contributed by atoms with van der Waals surface area (Å²) in [5.74, 6) is 0.593. The molecule has 1 N–H and O–H groups in total. The maximum atomic E-state index is 12.3. The van der Waals surface area contributed by atoms with Crippen molar-refractivity contribution in [3.05, 3.63) is 48.3 Å². The molecule has 0 radical (unpaired) electrons. The van der Waals surface area contributed by atoms with Crippen molar-refractivity contribution in [2.45, 2.75) is 11.8 Å². The van der Waals surface area contributed by atoms with Gasteiger partial charge >= 0.3 is 0 Å². The lowest BCUT2D eigenvalue weighted by molar-refractivity contribution is 0.146. The molecular weight excluding hydrogens is 304 g/mol. The van der Waals surface area contributed by atoms with Gasteiger partial charge in [-0.25, -0.2) is 8.42 Å². The highest BCUT2D eigenvalue weighted by Gasteiger charge is 2.14. The number of rotatable bonds is 7. The molecule has 118 valence electrons. The molecule has 7 heteroatoms. The second-order valence-corrected chi connectivity index (χ2v) is 6.29. The zero-order valence-corrected chi connectivity index (χ0v) is 13.3. The number of aromatic nitrogens is 1. The van der Waals surface area contributed by atoms with Crippen LogP contribution in [0, 0.1) is 6.92 Å². The predicted molar refractivity (Wildman–Crippen MR) is 83.6 cm³/mol. The number of anilines is 1. The Balaban J connectivity index is 2.09. The van der Waals surface area contributed by atoms with Crippen molar-refractivity contribution in [3.63, 3.8) is 0 Å². The molecule has 2 aromatic rings. The Morgan fingerprint density at radius 3 is 2.50 bits per heavy atom. The fraction of sp³-hybridized carbons (Fsp3) is 0.267. The molecule has 0 fully saturated rings. The van der Waals surface area contributed by atoms with Crippen LogP contribution in [0.15, 0.2) is 47.5 Å². The van der Waals surface area contributed by atoms with Crippen molar-refractivity contribution in [2.24, 2.45) is 0 Å². The molecule has 0 aliphatic rings. The molecule has 0 aliphatic carbocycles. The van der Waals surface area contributed by atoms with Crippen molar-refractivity contribution in [1.29, 1.82) is 0 Å². The van der Waals surface area contributed by atoms with Crippen LogP contribution < -0.4 is 9.46 Å². The summed E-state index contributed by atoms with van der Waals surface area (Å²) in [5.41, 5.74) is 1.22. The van der Waals surface area contributed by atoms with Gasteiger partial charge in [-0.15, -0.1) is 0 Å². The van der Waals surface area contributed by atoms with Gasteiger partial charge < -0.3 is 9.47 Å². The topological polar surface area (TPSA) is 77.5 Å². The van der Waals surface area contributed by atoms with E-state index < -0.39 is 10.0 Å². The van der Waals surface area contributed by atoms with Gasteiger partial charge in [0.25, 0.3) is 10.0 Å². The fourth-order valence-corrected chi connectivity index (χ4v) is 2.83. The van der Waals surface area contributed by atoms with Crippen molar-refractivity contribution in [1.82, 2.24) is 4.98 Å². The Labute approximate surface area is 130 Å². The largest absolute Gasteiger partial charge is 0.491 e.